The molecule has 0 fully saturated rings. The summed E-state index contributed by atoms with van der Waals surface area (Å²) in [6, 6.07) is 6.42. The number of aryl methyl sites for hydroxylation is 2. The van der Waals surface area contributed by atoms with E-state index in [9.17, 15) is 0 Å². The van der Waals surface area contributed by atoms with Gasteiger partial charge in [-0.15, -0.1) is 0 Å². The molecule has 0 spiro atoms. The van der Waals surface area contributed by atoms with Gasteiger partial charge < -0.3 is 0 Å². The van der Waals surface area contributed by atoms with E-state index in [1.54, 1.807) is 11.9 Å². The molecule has 0 bridgehead atoms. The summed E-state index contributed by atoms with van der Waals surface area (Å²) < 4.78 is 6.69. The summed E-state index contributed by atoms with van der Waals surface area (Å²) in [5, 5.41) is 5.66. The molecule has 0 radical (unpaired) electrons. The van der Waals surface area contributed by atoms with Crippen molar-refractivity contribution in [1.82, 2.24) is 9.78 Å². The molecule has 0 unspecified atom stereocenters. The molecule has 0 aliphatic heterocycles. The molecule has 2 aromatic rings. The maximum Gasteiger partial charge on any atom is 0.0688 e. The van der Waals surface area contributed by atoms with Crippen molar-refractivity contribution >= 4 is 28.6 Å². The fourth-order valence-corrected chi connectivity index (χ4v) is 2.44. The van der Waals surface area contributed by atoms with Crippen molar-refractivity contribution in [2.24, 2.45) is 11.4 Å². The highest BCUT2D eigenvalue weighted by molar-refractivity contribution is 7.99. The topological polar surface area (TPSA) is 30.2 Å². The second-order valence-corrected chi connectivity index (χ2v) is 7.41. The quantitative estimate of drug-likeness (QED) is 0.609. The van der Waals surface area contributed by atoms with Crippen LogP contribution in [0.1, 0.15) is 39.0 Å². The molecule has 0 saturated heterocycles. The van der Waals surface area contributed by atoms with Crippen LogP contribution in [0.5, 0.6) is 0 Å². The van der Waals surface area contributed by atoms with Crippen molar-refractivity contribution in [3.63, 3.8) is 0 Å². The molecule has 19 heavy (non-hydrogen) atoms. The van der Waals surface area contributed by atoms with Crippen LogP contribution in [0.2, 0.25) is 0 Å². The number of benzene rings is 1. The van der Waals surface area contributed by atoms with E-state index < -0.39 is 0 Å². The molecule has 0 amide bonds. The number of fused-ring (bicyclic) bond motifs is 1. The summed E-state index contributed by atoms with van der Waals surface area (Å²) in [5.74, 6) is 0. The van der Waals surface area contributed by atoms with Crippen LogP contribution in [0.15, 0.2) is 22.6 Å². The van der Waals surface area contributed by atoms with Crippen molar-refractivity contribution in [2.75, 3.05) is 0 Å². The average molecular weight is 275 g/mol. The van der Waals surface area contributed by atoms with Crippen molar-refractivity contribution in [3.8, 4) is 0 Å². The minimum Gasteiger partial charge on any atom is -0.268 e. The van der Waals surface area contributed by atoms with Gasteiger partial charge in [0.25, 0.3) is 0 Å². The third-order valence-electron chi connectivity index (χ3n) is 2.91. The minimum atomic E-state index is 0.147. The van der Waals surface area contributed by atoms with Gasteiger partial charge in [0.2, 0.25) is 0 Å². The van der Waals surface area contributed by atoms with E-state index in [2.05, 4.69) is 55.4 Å². The second-order valence-electron chi connectivity index (χ2n) is 5.82. The first-order chi connectivity index (χ1) is 8.78. The first kappa shape index (κ1) is 14.1. The van der Waals surface area contributed by atoms with Crippen molar-refractivity contribution in [2.45, 2.75) is 39.4 Å². The predicted molar refractivity (Wildman–Crippen MR) is 85.0 cm³/mol. The van der Waals surface area contributed by atoms with Crippen LogP contribution in [0.25, 0.3) is 10.9 Å². The van der Waals surface area contributed by atoms with Crippen LogP contribution >= 0.6 is 11.9 Å². The maximum absolute atomic E-state index is 4.61. The normalized spacial score (nSPS) is 13.3. The van der Waals surface area contributed by atoms with Crippen molar-refractivity contribution in [3.05, 3.63) is 29.5 Å². The van der Waals surface area contributed by atoms with Gasteiger partial charge in [0.05, 0.1) is 16.9 Å². The lowest BCUT2D eigenvalue weighted by atomic mass is 10.1. The van der Waals surface area contributed by atoms with E-state index in [1.807, 2.05) is 18.7 Å². The molecule has 0 N–H and O–H groups in total. The Bertz CT molecular complexity index is 633. The average Bonchev–Trinajstić information content (AvgIpc) is 2.61. The van der Waals surface area contributed by atoms with Gasteiger partial charge in [-0.3, -0.25) is 4.68 Å². The molecule has 3 nitrogen and oxygen atoms in total. The summed E-state index contributed by atoms with van der Waals surface area (Å²) in [7, 11) is 1.98. The van der Waals surface area contributed by atoms with Gasteiger partial charge in [0.1, 0.15) is 0 Å². The van der Waals surface area contributed by atoms with E-state index in [0.29, 0.717) is 0 Å². The highest BCUT2D eigenvalue weighted by Gasteiger charge is 2.11. The van der Waals surface area contributed by atoms with Gasteiger partial charge in [0, 0.05) is 17.2 Å². The number of nitrogens with zero attached hydrogens (tertiary/aromatic N) is 3. The summed E-state index contributed by atoms with van der Waals surface area (Å²) in [5.41, 5.74) is 4.45. The lowest BCUT2D eigenvalue weighted by molar-refractivity contribution is 0.783. The zero-order chi connectivity index (χ0) is 14.2. The Kier molecular flexibility index (Phi) is 3.72. The molecule has 0 atom stereocenters. The highest BCUT2D eigenvalue weighted by Crippen LogP contribution is 2.26. The Morgan fingerprint density at radius 1 is 1.32 bits per heavy atom. The third kappa shape index (κ3) is 3.18. The SMILES string of the molecule is C/C(=N\SC(C)(C)C)c1ccc2c(C)nn(C)c2c1. The maximum atomic E-state index is 4.61. The number of hydrogen-bond donors (Lipinski definition) is 0. The number of aromatic nitrogens is 2. The molecule has 0 aliphatic carbocycles. The smallest absolute Gasteiger partial charge is 0.0688 e. The zero-order valence-electron chi connectivity index (χ0n) is 12.5. The molecule has 0 saturated carbocycles. The molecule has 1 aromatic heterocycles. The van der Waals surface area contributed by atoms with Crippen LogP contribution in [0, 0.1) is 6.92 Å². The van der Waals surface area contributed by atoms with E-state index in [4.69, 9.17) is 0 Å². The lowest BCUT2D eigenvalue weighted by Gasteiger charge is -2.13. The Hall–Kier alpha value is -1.29. The Morgan fingerprint density at radius 3 is 2.63 bits per heavy atom. The van der Waals surface area contributed by atoms with Crippen LogP contribution < -0.4 is 0 Å². The molecule has 0 aliphatic rings. The molecular weight excluding hydrogens is 254 g/mol. The molecule has 2 rings (SSSR count). The summed E-state index contributed by atoms with van der Waals surface area (Å²) in [6.45, 7) is 10.6. The Balaban J connectivity index is 2.38. The number of rotatable bonds is 2. The van der Waals surface area contributed by atoms with Gasteiger partial charge in [-0.1, -0.05) is 12.1 Å². The van der Waals surface area contributed by atoms with Gasteiger partial charge in [0.15, 0.2) is 0 Å². The first-order valence-electron chi connectivity index (χ1n) is 6.44. The molecule has 4 heteroatoms. The fourth-order valence-electron chi connectivity index (χ4n) is 1.92. The van der Waals surface area contributed by atoms with Gasteiger partial charge in [-0.2, -0.15) is 5.10 Å². The Labute approximate surface area is 119 Å². The molecule has 1 aromatic carbocycles. The van der Waals surface area contributed by atoms with Gasteiger partial charge >= 0.3 is 0 Å². The van der Waals surface area contributed by atoms with E-state index >= 15 is 0 Å². The lowest BCUT2D eigenvalue weighted by Crippen LogP contribution is -2.06. The van der Waals surface area contributed by atoms with Gasteiger partial charge in [-0.25, -0.2) is 4.40 Å². The van der Waals surface area contributed by atoms with E-state index in [-0.39, 0.29) is 4.75 Å². The fraction of sp³-hybridized carbons (Fsp3) is 0.467. The Morgan fingerprint density at radius 2 is 2.00 bits per heavy atom. The molecular formula is C15H21N3S. The summed E-state index contributed by atoms with van der Waals surface area (Å²) in [4.78, 5) is 0. The molecule has 1 heterocycles. The van der Waals surface area contributed by atoms with E-state index in [1.165, 1.54) is 5.39 Å². The van der Waals surface area contributed by atoms with Crippen LogP contribution in [-0.4, -0.2) is 20.2 Å². The highest BCUT2D eigenvalue weighted by atomic mass is 32.2. The van der Waals surface area contributed by atoms with Gasteiger partial charge in [-0.05, 0) is 58.2 Å². The first-order valence-corrected chi connectivity index (χ1v) is 7.22. The zero-order valence-corrected chi connectivity index (χ0v) is 13.3. The minimum absolute atomic E-state index is 0.147. The molecule has 102 valence electrons. The van der Waals surface area contributed by atoms with Crippen LogP contribution in [-0.2, 0) is 7.05 Å². The van der Waals surface area contributed by atoms with E-state index in [0.717, 1.165) is 22.5 Å². The van der Waals surface area contributed by atoms with Crippen LogP contribution in [0.4, 0.5) is 0 Å². The largest absolute Gasteiger partial charge is 0.268 e. The van der Waals surface area contributed by atoms with Crippen molar-refractivity contribution < 1.29 is 0 Å². The summed E-state index contributed by atoms with van der Waals surface area (Å²) in [6.07, 6.45) is 0. The second kappa shape index (κ2) is 5.00. The summed E-state index contributed by atoms with van der Waals surface area (Å²) >= 11 is 1.62. The number of hydrogen-bond acceptors (Lipinski definition) is 3. The standard InChI is InChI=1S/C15H21N3S/c1-10(17-19-15(3,4)5)12-7-8-13-11(2)16-18(6)14(13)9-12/h7-9H,1-6H3/b17-10+. The predicted octanol–water partition coefficient (Wildman–Crippen LogP) is 4.14. The monoisotopic (exact) mass is 275 g/mol. The van der Waals surface area contributed by atoms with Crippen LogP contribution in [0.3, 0.4) is 0 Å². The third-order valence-corrected chi connectivity index (χ3v) is 3.82. The van der Waals surface area contributed by atoms with Crippen molar-refractivity contribution in [1.29, 1.82) is 0 Å².